The van der Waals surface area contributed by atoms with Crippen molar-refractivity contribution in [2.75, 3.05) is 13.7 Å². The lowest BCUT2D eigenvalue weighted by molar-refractivity contribution is -0.136. The molecule has 1 aliphatic carbocycles. The first-order valence-electron chi connectivity index (χ1n) is 7.45. The Labute approximate surface area is 124 Å². The van der Waals surface area contributed by atoms with Gasteiger partial charge < -0.3 is 10.1 Å². The summed E-state index contributed by atoms with van der Waals surface area (Å²) in [7, 11) is 1.32. The number of carbonyl (C=O) groups is 3. The molecule has 21 heavy (non-hydrogen) atoms. The number of amides is 3. The number of nitrogens with one attached hydrogen (secondary N) is 1. The highest BCUT2D eigenvalue weighted by Crippen LogP contribution is 2.33. The molecule has 0 unspecified atom stereocenters. The molecule has 1 aliphatic heterocycles. The SMILES string of the molecule is CCC(=CCN1C(=O)NC2(CCCCC2)C1=O)C(=O)OC. The number of carbonyl (C=O) groups excluding carboxylic acids is 3. The van der Waals surface area contributed by atoms with E-state index in [4.69, 9.17) is 0 Å². The molecule has 3 amide bonds. The summed E-state index contributed by atoms with van der Waals surface area (Å²) in [5.74, 6) is -0.583. The minimum atomic E-state index is -0.708. The summed E-state index contributed by atoms with van der Waals surface area (Å²) in [4.78, 5) is 37.3. The highest BCUT2D eigenvalue weighted by atomic mass is 16.5. The van der Waals surface area contributed by atoms with Gasteiger partial charge in [-0.05, 0) is 19.3 Å². The normalized spacial score (nSPS) is 21.6. The molecule has 1 spiro atoms. The van der Waals surface area contributed by atoms with Crippen molar-refractivity contribution < 1.29 is 19.1 Å². The first-order valence-corrected chi connectivity index (χ1v) is 7.45. The number of nitrogens with zero attached hydrogens (tertiary/aromatic N) is 1. The highest BCUT2D eigenvalue weighted by molar-refractivity contribution is 6.07. The van der Waals surface area contributed by atoms with Gasteiger partial charge in [-0.3, -0.25) is 9.69 Å². The summed E-state index contributed by atoms with van der Waals surface area (Å²) >= 11 is 0. The van der Waals surface area contributed by atoms with Crippen molar-refractivity contribution in [2.24, 2.45) is 0 Å². The van der Waals surface area contributed by atoms with Crippen LogP contribution < -0.4 is 5.32 Å². The summed E-state index contributed by atoms with van der Waals surface area (Å²) in [6.45, 7) is 1.95. The fraction of sp³-hybridized carbons (Fsp3) is 0.667. The molecular weight excluding hydrogens is 272 g/mol. The van der Waals surface area contributed by atoms with E-state index >= 15 is 0 Å². The average molecular weight is 294 g/mol. The van der Waals surface area contributed by atoms with Gasteiger partial charge >= 0.3 is 12.0 Å². The second-order valence-corrected chi connectivity index (χ2v) is 5.56. The minimum Gasteiger partial charge on any atom is -0.466 e. The number of rotatable bonds is 4. The largest absolute Gasteiger partial charge is 0.466 e. The second-order valence-electron chi connectivity index (χ2n) is 5.56. The second kappa shape index (κ2) is 6.28. The molecule has 2 fully saturated rings. The van der Waals surface area contributed by atoms with Gasteiger partial charge in [-0.15, -0.1) is 0 Å². The molecule has 116 valence electrons. The van der Waals surface area contributed by atoms with Crippen LogP contribution in [-0.4, -0.2) is 42.0 Å². The molecular formula is C15H22N2O4. The molecule has 0 atom stereocenters. The zero-order chi connectivity index (χ0) is 15.5. The van der Waals surface area contributed by atoms with E-state index in [0.29, 0.717) is 24.8 Å². The molecule has 2 rings (SSSR count). The van der Waals surface area contributed by atoms with Crippen molar-refractivity contribution in [3.05, 3.63) is 11.6 Å². The number of methoxy groups -OCH3 is 1. The quantitative estimate of drug-likeness (QED) is 0.487. The van der Waals surface area contributed by atoms with Gasteiger partial charge in [0, 0.05) is 12.1 Å². The van der Waals surface area contributed by atoms with Gasteiger partial charge in [0.2, 0.25) is 0 Å². The van der Waals surface area contributed by atoms with Crippen molar-refractivity contribution in [1.29, 1.82) is 0 Å². The molecule has 6 heteroatoms. The summed E-state index contributed by atoms with van der Waals surface area (Å²) in [5.41, 5.74) is -0.233. The Balaban J connectivity index is 2.10. The number of urea groups is 1. The van der Waals surface area contributed by atoms with Crippen molar-refractivity contribution >= 4 is 17.9 Å². The lowest BCUT2D eigenvalue weighted by Gasteiger charge is -2.30. The van der Waals surface area contributed by atoms with E-state index < -0.39 is 11.5 Å². The Morgan fingerprint density at radius 1 is 1.33 bits per heavy atom. The summed E-state index contributed by atoms with van der Waals surface area (Å²) in [5, 5.41) is 2.85. The van der Waals surface area contributed by atoms with E-state index in [0.717, 1.165) is 19.3 Å². The van der Waals surface area contributed by atoms with Gasteiger partial charge in [-0.2, -0.15) is 0 Å². The molecule has 1 saturated heterocycles. The van der Waals surface area contributed by atoms with Gasteiger partial charge in [0.05, 0.1) is 7.11 Å². The lowest BCUT2D eigenvalue weighted by Crippen LogP contribution is -2.48. The molecule has 0 aromatic heterocycles. The first kappa shape index (κ1) is 15.5. The van der Waals surface area contributed by atoms with Gasteiger partial charge in [-0.25, -0.2) is 9.59 Å². The minimum absolute atomic E-state index is 0.116. The predicted molar refractivity (Wildman–Crippen MR) is 76.5 cm³/mol. The van der Waals surface area contributed by atoms with Gasteiger partial charge in [-0.1, -0.05) is 32.3 Å². The van der Waals surface area contributed by atoms with Crippen molar-refractivity contribution in [3.63, 3.8) is 0 Å². The smallest absolute Gasteiger partial charge is 0.333 e. The molecule has 0 aromatic rings. The molecule has 0 radical (unpaired) electrons. The van der Waals surface area contributed by atoms with Crippen LogP contribution in [0.1, 0.15) is 45.4 Å². The van der Waals surface area contributed by atoms with Crippen LogP contribution in [0.4, 0.5) is 4.79 Å². The molecule has 1 saturated carbocycles. The summed E-state index contributed by atoms with van der Waals surface area (Å²) in [6.07, 6.45) is 6.53. The van der Waals surface area contributed by atoms with Gasteiger partial charge in [0.25, 0.3) is 5.91 Å². The number of hydrogen-bond acceptors (Lipinski definition) is 4. The number of ether oxygens (including phenoxy) is 1. The fourth-order valence-corrected chi connectivity index (χ4v) is 3.04. The third-order valence-corrected chi connectivity index (χ3v) is 4.30. The monoisotopic (exact) mass is 294 g/mol. The zero-order valence-electron chi connectivity index (χ0n) is 12.6. The van der Waals surface area contributed by atoms with Crippen LogP contribution in [-0.2, 0) is 14.3 Å². The van der Waals surface area contributed by atoms with Crippen LogP contribution in [0.15, 0.2) is 11.6 Å². The molecule has 6 nitrogen and oxygen atoms in total. The Morgan fingerprint density at radius 3 is 2.57 bits per heavy atom. The van der Waals surface area contributed by atoms with Crippen molar-refractivity contribution in [2.45, 2.75) is 51.0 Å². The first-order chi connectivity index (χ1) is 10.0. The van der Waals surface area contributed by atoms with Crippen LogP contribution in [0.5, 0.6) is 0 Å². The topological polar surface area (TPSA) is 75.7 Å². The Hall–Kier alpha value is -1.85. The third kappa shape index (κ3) is 2.94. The van der Waals surface area contributed by atoms with E-state index in [1.54, 1.807) is 6.08 Å². The zero-order valence-corrected chi connectivity index (χ0v) is 12.6. The van der Waals surface area contributed by atoms with E-state index in [-0.39, 0.29) is 18.5 Å². The molecule has 1 heterocycles. The lowest BCUT2D eigenvalue weighted by atomic mass is 9.82. The maximum Gasteiger partial charge on any atom is 0.333 e. The van der Waals surface area contributed by atoms with Crippen LogP contribution in [0, 0.1) is 0 Å². The maximum atomic E-state index is 12.5. The maximum absolute atomic E-state index is 12.5. The third-order valence-electron chi connectivity index (χ3n) is 4.30. The van der Waals surface area contributed by atoms with Crippen LogP contribution in [0.25, 0.3) is 0 Å². The number of hydrogen-bond donors (Lipinski definition) is 1. The number of esters is 1. The summed E-state index contributed by atoms with van der Waals surface area (Å²) < 4.78 is 4.67. The Morgan fingerprint density at radius 2 is 2.00 bits per heavy atom. The van der Waals surface area contributed by atoms with Gasteiger partial charge in [0.1, 0.15) is 5.54 Å². The fourth-order valence-electron chi connectivity index (χ4n) is 3.04. The Bertz CT molecular complexity index is 478. The standard InChI is InChI=1S/C15H22N2O4/c1-3-11(12(18)21-2)7-10-17-13(19)15(16-14(17)20)8-5-4-6-9-15/h7H,3-6,8-10H2,1-2H3,(H,16,20). The predicted octanol–water partition coefficient (Wildman–Crippen LogP) is 1.75. The van der Waals surface area contributed by atoms with Crippen molar-refractivity contribution in [3.8, 4) is 0 Å². The van der Waals surface area contributed by atoms with Gasteiger partial charge in [0.15, 0.2) is 0 Å². The number of imide groups is 1. The summed E-state index contributed by atoms with van der Waals surface area (Å²) in [6, 6.07) is -0.363. The van der Waals surface area contributed by atoms with E-state index in [1.165, 1.54) is 12.0 Å². The average Bonchev–Trinajstić information content (AvgIpc) is 2.72. The molecule has 2 aliphatic rings. The molecule has 0 aromatic carbocycles. The van der Waals surface area contributed by atoms with Crippen molar-refractivity contribution in [1.82, 2.24) is 10.2 Å². The highest BCUT2D eigenvalue weighted by Gasteiger charge is 2.50. The van der Waals surface area contributed by atoms with E-state index in [1.807, 2.05) is 6.92 Å². The van der Waals surface area contributed by atoms with Crippen LogP contribution in [0.2, 0.25) is 0 Å². The van der Waals surface area contributed by atoms with E-state index in [9.17, 15) is 14.4 Å². The molecule has 0 bridgehead atoms. The Kier molecular flexibility index (Phi) is 4.65. The van der Waals surface area contributed by atoms with Crippen LogP contribution >= 0.6 is 0 Å². The van der Waals surface area contributed by atoms with Crippen LogP contribution in [0.3, 0.4) is 0 Å². The van der Waals surface area contributed by atoms with E-state index in [2.05, 4.69) is 10.1 Å². The molecule has 1 N–H and O–H groups in total.